The molecule has 1 heterocycles. The van der Waals surface area contributed by atoms with Crippen molar-refractivity contribution in [2.24, 2.45) is 0 Å². The molecule has 1 aliphatic rings. The highest BCUT2D eigenvalue weighted by Crippen LogP contribution is 2.27. The minimum absolute atomic E-state index is 0.474. The molecule has 0 aliphatic carbocycles. The number of para-hydroxylation sites is 1. The maximum atomic E-state index is 10.9. The van der Waals surface area contributed by atoms with Crippen LogP contribution in [0.2, 0.25) is 5.02 Å². The monoisotopic (exact) mass is 269 g/mol. The molecule has 4 nitrogen and oxygen atoms in total. The average Bonchev–Trinajstić information content (AvgIpc) is 2.41. The van der Waals surface area contributed by atoms with E-state index in [0.717, 1.165) is 39.1 Å². The molecule has 0 saturated carbocycles. The van der Waals surface area contributed by atoms with Crippen molar-refractivity contribution in [2.45, 2.75) is 0 Å². The maximum Gasteiger partial charge on any atom is 0.153 e. The Labute approximate surface area is 111 Å². The number of aldehydes is 1. The number of morpholine rings is 1. The van der Waals surface area contributed by atoms with Gasteiger partial charge in [0.15, 0.2) is 6.29 Å². The van der Waals surface area contributed by atoms with E-state index in [0.29, 0.717) is 22.9 Å². The van der Waals surface area contributed by atoms with Crippen LogP contribution in [0, 0.1) is 0 Å². The van der Waals surface area contributed by atoms with E-state index in [9.17, 15) is 4.79 Å². The van der Waals surface area contributed by atoms with Crippen molar-refractivity contribution >= 4 is 17.9 Å². The molecule has 0 N–H and O–H groups in total. The first-order valence-electron chi connectivity index (χ1n) is 5.98. The average molecular weight is 270 g/mol. The Bertz CT molecular complexity index is 405. The van der Waals surface area contributed by atoms with Crippen LogP contribution in [0.3, 0.4) is 0 Å². The lowest BCUT2D eigenvalue weighted by Gasteiger charge is -2.26. The second kappa shape index (κ2) is 6.73. The third-order valence-electron chi connectivity index (χ3n) is 2.88. The van der Waals surface area contributed by atoms with Crippen LogP contribution < -0.4 is 4.74 Å². The summed E-state index contributed by atoms with van der Waals surface area (Å²) in [5.41, 5.74) is 0.490. The summed E-state index contributed by atoms with van der Waals surface area (Å²) in [5.74, 6) is 0.474. The van der Waals surface area contributed by atoms with Crippen molar-refractivity contribution < 1.29 is 14.3 Å². The molecular weight excluding hydrogens is 254 g/mol. The largest absolute Gasteiger partial charge is 0.490 e. The molecule has 5 heteroatoms. The molecule has 0 amide bonds. The second-order valence-corrected chi connectivity index (χ2v) is 4.49. The molecule has 0 unspecified atom stereocenters. The predicted octanol–water partition coefficient (Wildman–Crippen LogP) is 1.86. The fraction of sp³-hybridized carbons (Fsp3) is 0.462. The van der Waals surface area contributed by atoms with Crippen LogP contribution in [0.15, 0.2) is 18.2 Å². The Morgan fingerprint density at radius 3 is 2.89 bits per heavy atom. The van der Waals surface area contributed by atoms with Crippen LogP contribution in [0.5, 0.6) is 5.75 Å². The fourth-order valence-electron chi connectivity index (χ4n) is 1.87. The van der Waals surface area contributed by atoms with E-state index in [1.54, 1.807) is 18.2 Å². The number of ether oxygens (including phenoxy) is 2. The van der Waals surface area contributed by atoms with E-state index in [-0.39, 0.29) is 0 Å². The third-order valence-corrected chi connectivity index (χ3v) is 3.18. The molecule has 0 atom stereocenters. The highest BCUT2D eigenvalue weighted by atomic mass is 35.5. The first-order valence-corrected chi connectivity index (χ1v) is 6.35. The number of hydrogen-bond donors (Lipinski definition) is 0. The number of rotatable bonds is 5. The van der Waals surface area contributed by atoms with Crippen molar-refractivity contribution in [3.8, 4) is 5.75 Å². The zero-order valence-electron chi connectivity index (χ0n) is 10.1. The minimum atomic E-state index is 0.474. The molecule has 1 fully saturated rings. The van der Waals surface area contributed by atoms with Gasteiger partial charge in [-0.25, -0.2) is 0 Å². The maximum absolute atomic E-state index is 10.9. The van der Waals surface area contributed by atoms with Crippen LogP contribution in [0.4, 0.5) is 0 Å². The van der Waals surface area contributed by atoms with Gasteiger partial charge in [-0.15, -0.1) is 0 Å². The van der Waals surface area contributed by atoms with Gasteiger partial charge in [-0.1, -0.05) is 17.7 Å². The summed E-state index contributed by atoms with van der Waals surface area (Å²) >= 11 is 6.01. The van der Waals surface area contributed by atoms with E-state index >= 15 is 0 Å². The van der Waals surface area contributed by atoms with Crippen molar-refractivity contribution in [1.29, 1.82) is 0 Å². The lowest BCUT2D eigenvalue weighted by Crippen LogP contribution is -2.38. The van der Waals surface area contributed by atoms with Crippen molar-refractivity contribution in [3.05, 3.63) is 28.8 Å². The molecular formula is C13H16ClNO3. The van der Waals surface area contributed by atoms with Crippen LogP contribution in [-0.2, 0) is 4.74 Å². The van der Waals surface area contributed by atoms with Gasteiger partial charge >= 0.3 is 0 Å². The SMILES string of the molecule is O=Cc1cccc(Cl)c1OCCN1CCOCC1. The summed E-state index contributed by atoms with van der Waals surface area (Å²) in [5, 5.41) is 0.474. The Balaban J connectivity index is 1.87. The van der Waals surface area contributed by atoms with Gasteiger partial charge in [0.1, 0.15) is 12.4 Å². The Kier molecular flexibility index (Phi) is 4.99. The molecule has 0 radical (unpaired) electrons. The van der Waals surface area contributed by atoms with Gasteiger partial charge in [-0.3, -0.25) is 9.69 Å². The van der Waals surface area contributed by atoms with E-state index in [4.69, 9.17) is 21.1 Å². The molecule has 98 valence electrons. The van der Waals surface area contributed by atoms with Gasteiger partial charge in [0, 0.05) is 19.6 Å². The zero-order valence-corrected chi connectivity index (χ0v) is 10.9. The lowest BCUT2D eigenvalue weighted by atomic mass is 10.2. The first-order chi connectivity index (χ1) is 8.81. The molecule has 0 spiro atoms. The Hall–Kier alpha value is -1.10. The van der Waals surface area contributed by atoms with Crippen LogP contribution in [-0.4, -0.2) is 50.6 Å². The lowest BCUT2D eigenvalue weighted by molar-refractivity contribution is 0.0322. The van der Waals surface area contributed by atoms with Crippen molar-refractivity contribution in [1.82, 2.24) is 4.90 Å². The molecule has 1 aromatic rings. The van der Waals surface area contributed by atoms with Gasteiger partial charge in [0.2, 0.25) is 0 Å². The summed E-state index contributed by atoms with van der Waals surface area (Å²) in [6, 6.07) is 5.16. The predicted molar refractivity (Wildman–Crippen MR) is 69.6 cm³/mol. The van der Waals surface area contributed by atoms with E-state index in [2.05, 4.69) is 4.90 Å². The van der Waals surface area contributed by atoms with Gasteiger partial charge in [-0.05, 0) is 12.1 Å². The Morgan fingerprint density at radius 2 is 2.17 bits per heavy atom. The quantitative estimate of drug-likeness (QED) is 0.765. The molecule has 2 rings (SSSR count). The number of hydrogen-bond acceptors (Lipinski definition) is 4. The summed E-state index contributed by atoms with van der Waals surface area (Å²) in [7, 11) is 0. The van der Waals surface area contributed by atoms with Gasteiger partial charge in [-0.2, -0.15) is 0 Å². The highest BCUT2D eigenvalue weighted by Gasteiger charge is 2.11. The van der Waals surface area contributed by atoms with Crippen LogP contribution in [0.25, 0.3) is 0 Å². The zero-order chi connectivity index (χ0) is 12.8. The Morgan fingerprint density at radius 1 is 1.39 bits per heavy atom. The van der Waals surface area contributed by atoms with Crippen LogP contribution in [0.1, 0.15) is 10.4 Å². The van der Waals surface area contributed by atoms with Gasteiger partial charge in [0.05, 0.1) is 23.8 Å². The molecule has 1 saturated heterocycles. The smallest absolute Gasteiger partial charge is 0.153 e. The van der Waals surface area contributed by atoms with Gasteiger partial charge < -0.3 is 9.47 Å². The van der Waals surface area contributed by atoms with Crippen LogP contribution >= 0.6 is 11.6 Å². The summed E-state index contributed by atoms with van der Waals surface area (Å²) in [6.07, 6.45) is 0.760. The van der Waals surface area contributed by atoms with Crippen molar-refractivity contribution in [2.75, 3.05) is 39.5 Å². The van der Waals surface area contributed by atoms with Gasteiger partial charge in [0.25, 0.3) is 0 Å². The molecule has 18 heavy (non-hydrogen) atoms. The number of carbonyl (C=O) groups excluding carboxylic acids is 1. The number of halogens is 1. The van der Waals surface area contributed by atoms with Crippen molar-refractivity contribution in [3.63, 3.8) is 0 Å². The summed E-state index contributed by atoms with van der Waals surface area (Å²) in [4.78, 5) is 13.1. The first kappa shape index (κ1) is 13.3. The minimum Gasteiger partial charge on any atom is -0.490 e. The summed E-state index contributed by atoms with van der Waals surface area (Å²) in [6.45, 7) is 4.72. The van der Waals surface area contributed by atoms with E-state index < -0.39 is 0 Å². The second-order valence-electron chi connectivity index (χ2n) is 4.08. The standard InChI is InChI=1S/C13H16ClNO3/c14-12-3-1-2-11(10-16)13(12)18-9-6-15-4-7-17-8-5-15/h1-3,10H,4-9H2. The number of nitrogens with zero attached hydrogens (tertiary/aromatic N) is 1. The number of benzene rings is 1. The fourth-order valence-corrected chi connectivity index (χ4v) is 2.11. The molecule has 1 aromatic carbocycles. The molecule has 0 aromatic heterocycles. The highest BCUT2D eigenvalue weighted by molar-refractivity contribution is 6.32. The molecule has 0 bridgehead atoms. The third kappa shape index (κ3) is 3.45. The summed E-state index contributed by atoms with van der Waals surface area (Å²) < 4.78 is 10.9. The normalized spacial score (nSPS) is 16.5. The number of carbonyl (C=O) groups is 1. The molecule has 1 aliphatic heterocycles. The van der Waals surface area contributed by atoms with E-state index in [1.165, 1.54) is 0 Å². The van der Waals surface area contributed by atoms with E-state index in [1.807, 2.05) is 0 Å². The topological polar surface area (TPSA) is 38.8 Å².